The summed E-state index contributed by atoms with van der Waals surface area (Å²) in [4.78, 5) is 29.5. The molecule has 0 fully saturated rings. The number of fused-ring (bicyclic) bond motifs is 1. The molecule has 0 aliphatic rings. The molecule has 4 aromatic heterocycles. The van der Waals surface area contributed by atoms with Gasteiger partial charge in [-0.05, 0) is 55.3 Å². The van der Waals surface area contributed by atoms with E-state index in [0.29, 0.717) is 42.1 Å². The molecule has 0 radical (unpaired) electrons. The molecule has 0 unspecified atom stereocenters. The number of aryl methyl sites for hydroxylation is 1. The van der Waals surface area contributed by atoms with Gasteiger partial charge < -0.3 is 9.72 Å². The van der Waals surface area contributed by atoms with Crippen LogP contribution >= 0.6 is 0 Å². The van der Waals surface area contributed by atoms with Crippen LogP contribution in [-0.4, -0.2) is 44.7 Å². The summed E-state index contributed by atoms with van der Waals surface area (Å²) in [7, 11) is -3.91. The third-order valence-electron chi connectivity index (χ3n) is 6.37. The average molecular weight is 574 g/mol. The number of aromatic nitrogens is 6. The number of nitrogens with one attached hydrogen (secondary N) is 2. The molecule has 12 heteroatoms. The number of H-pyrrole nitrogens is 1. The number of aromatic amines is 1. The van der Waals surface area contributed by atoms with Gasteiger partial charge in [0.15, 0.2) is 5.52 Å². The van der Waals surface area contributed by atoms with E-state index in [0.717, 1.165) is 24.2 Å². The van der Waals surface area contributed by atoms with Crippen LogP contribution in [0.25, 0.3) is 22.4 Å². The molecular formula is C29H31N7O4S. The lowest BCUT2D eigenvalue weighted by atomic mass is 10.1. The smallest absolute Gasteiger partial charge is 0.279 e. The van der Waals surface area contributed by atoms with Crippen molar-refractivity contribution in [2.45, 2.75) is 51.1 Å². The van der Waals surface area contributed by atoms with Gasteiger partial charge in [0.25, 0.3) is 5.56 Å². The predicted octanol–water partition coefficient (Wildman–Crippen LogP) is 3.84. The van der Waals surface area contributed by atoms with E-state index in [-0.39, 0.29) is 22.8 Å². The summed E-state index contributed by atoms with van der Waals surface area (Å²) in [6, 6.07) is 15.5. The molecule has 0 saturated carbocycles. The van der Waals surface area contributed by atoms with Gasteiger partial charge in [0.05, 0.1) is 47.2 Å². The second-order valence-corrected chi connectivity index (χ2v) is 11.2. The summed E-state index contributed by atoms with van der Waals surface area (Å²) in [5.74, 6) is 0.612. The Morgan fingerprint density at radius 1 is 0.951 bits per heavy atom. The van der Waals surface area contributed by atoms with Crippen LogP contribution in [0.4, 0.5) is 0 Å². The van der Waals surface area contributed by atoms with Crippen molar-refractivity contribution in [1.82, 2.24) is 34.4 Å². The number of benzene rings is 1. The van der Waals surface area contributed by atoms with Gasteiger partial charge in [0.2, 0.25) is 10.0 Å². The molecule has 0 aliphatic carbocycles. The SMILES string of the molecule is CCCOc1ccc(S(=O)(=O)NCc2ccccn2)cc1-c1nc2c(CCC)n(Cc3ccccn3)nc2c(=O)[nH]1. The van der Waals surface area contributed by atoms with Crippen LogP contribution < -0.4 is 15.0 Å². The van der Waals surface area contributed by atoms with E-state index >= 15 is 0 Å². The second-order valence-electron chi connectivity index (χ2n) is 9.44. The largest absolute Gasteiger partial charge is 0.493 e. The Bertz CT molecular complexity index is 1800. The molecule has 0 amide bonds. The lowest BCUT2D eigenvalue weighted by molar-refractivity contribution is 0.318. The van der Waals surface area contributed by atoms with Crippen molar-refractivity contribution in [2.24, 2.45) is 0 Å². The number of sulfonamides is 1. The van der Waals surface area contributed by atoms with E-state index in [1.54, 1.807) is 41.3 Å². The fraction of sp³-hybridized carbons (Fsp3) is 0.276. The molecule has 0 bridgehead atoms. The highest BCUT2D eigenvalue weighted by molar-refractivity contribution is 7.89. The second kappa shape index (κ2) is 12.4. The molecule has 5 rings (SSSR count). The summed E-state index contributed by atoms with van der Waals surface area (Å²) in [6.45, 7) is 4.85. The number of hydrogen-bond donors (Lipinski definition) is 2. The van der Waals surface area contributed by atoms with Gasteiger partial charge in [-0.25, -0.2) is 18.1 Å². The minimum absolute atomic E-state index is 0.00894. The third-order valence-corrected chi connectivity index (χ3v) is 7.77. The molecule has 212 valence electrons. The van der Waals surface area contributed by atoms with Gasteiger partial charge in [-0.1, -0.05) is 32.4 Å². The molecule has 0 spiro atoms. The molecule has 0 atom stereocenters. The zero-order valence-corrected chi connectivity index (χ0v) is 23.7. The van der Waals surface area contributed by atoms with Crippen molar-refractivity contribution in [3.8, 4) is 17.1 Å². The summed E-state index contributed by atoms with van der Waals surface area (Å²) >= 11 is 0. The molecule has 11 nitrogen and oxygen atoms in total. The summed E-state index contributed by atoms with van der Waals surface area (Å²) in [5.41, 5.74) is 2.80. The average Bonchev–Trinajstić information content (AvgIpc) is 3.33. The van der Waals surface area contributed by atoms with Crippen molar-refractivity contribution in [2.75, 3.05) is 6.61 Å². The minimum Gasteiger partial charge on any atom is -0.493 e. The first kappa shape index (κ1) is 28.1. The van der Waals surface area contributed by atoms with Crippen LogP contribution in [0.5, 0.6) is 5.75 Å². The topological polar surface area (TPSA) is 145 Å². The monoisotopic (exact) mass is 573 g/mol. The van der Waals surface area contributed by atoms with E-state index in [1.807, 2.05) is 32.0 Å². The van der Waals surface area contributed by atoms with E-state index in [1.165, 1.54) is 12.1 Å². The van der Waals surface area contributed by atoms with E-state index in [4.69, 9.17) is 9.72 Å². The van der Waals surface area contributed by atoms with Crippen LogP contribution in [-0.2, 0) is 29.5 Å². The van der Waals surface area contributed by atoms with Gasteiger partial charge in [-0.15, -0.1) is 0 Å². The fourth-order valence-electron chi connectivity index (χ4n) is 4.41. The standard InChI is InChI=1S/C29H31N7O4S/c1-3-9-24-26-27(35-36(24)19-21-11-6-8-15-31-21)29(37)34-28(33-26)23-17-22(12-13-25(23)40-16-4-2)41(38,39)32-18-20-10-5-7-14-30-20/h5-8,10-15,17,32H,3-4,9,16,18-19H2,1-2H3,(H,33,34,37). The Balaban J connectivity index is 1.58. The highest BCUT2D eigenvalue weighted by atomic mass is 32.2. The number of hydrogen-bond acceptors (Lipinski definition) is 8. The first-order valence-electron chi connectivity index (χ1n) is 13.5. The Kier molecular flexibility index (Phi) is 8.50. The van der Waals surface area contributed by atoms with Crippen molar-refractivity contribution < 1.29 is 13.2 Å². The van der Waals surface area contributed by atoms with Crippen molar-refractivity contribution in [3.05, 3.63) is 94.4 Å². The number of rotatable bonds is 12. The molecule has 5 aromatic rings. The first-order valence-corrected chi connectivity index (χ1v) is 14.9. The van der Waals surface area contributed by atoms with Crippen LogP contribution in [0.3, 0.4) is 0 Å². The summed E-state index contributed by atoms with van der Waals surface area (Å²) < 4.78 is 36.7. The van der Waals surface area contributed by atoms with E-state index in [2.05, 4.69) is 24.8 Å². The quantitative estimate of drug-likeness (QED) is 0.229. The summed E-state index contributed by atoms with van der Waals surface area (Å²) in [5, 5.41) is 4.57. The van der Waals surface area contributed by atoms with Crippen LogP contribution in [0.15, 0.2) is 76.7 Å². The van der Waals surface area contributed by atoms with E-state index in [9.17, 15) is 13.2 Å². The Labute approximate surface area is 237 Å². The van der Waals surface area contributed by atoms with Crippen LogP contribution in [0.1, 0.15) is 43.8 Å². The predicted molar refractivity (Wildman–Crippen MR) is 155 cm³/mol. The number of ether oxygens (including phenoxy) is 1. The van der Waals surface area contributed by atoms with Gasteiger partial charge in [-0.3, -0.25) is 19.4 Å². The van der Waals surface area contributed by atoms with Crippen molar-refractivity contribution in [3.63, 3.8) is 0 Å². The minimum atomic E-state index is -3.91. The molecule has 0 aliphatic heterocycles. The highest BCUT2D eigenvalue weighted by Gasteiger charge is 2.22. The van der Waals surface area contributed by atoms with Crippen LogP contribution in [0, 0.1) is 0 Å². The van der Waals surface area contributed by atoms with Gasteiger partial charge in [0, 0.05) is 12.4 Å². The van der Waals surface area contributed by atoms with Gasteiger partial charge in [-0.2, -0.15) is 5.10 Å². The Morgan fingerprint density at radius 3 is 2.39 bits per heavy atom. The number of pyridine rings is 2. The third kappa shape index (κ3) is 6.34. The van der Waals surface area contributed by atoms with Gasteiger partial charge >= 0.3 is 0 Å². The zero-order valence-electron chi connectivity index (χ0n) is 22.9. The fourth-order valence-corrected chi connectivity index (χ4v) is 5.43. The van der Waals surface area contributed by atoms with Gasteiger partial charge in [0.1, 0.15) is 17.1 Å². The molecule has 41 heavy (non-hydrogen) atoms. The first-order chi connectivity index (χ1) is 19.9. The van der Waals surface area contributed by atoms with E-state index < -0.39 is 15.6 Å². The zero-order chi connectivity index (χ0) is 28.8. The maximum Gasteiger partial charge on any atom is 0.279 e. The molecule has 4 heterocycles. The van der Waals surface area contributed by atoms with Crippen LogP contribution in [0.2, 0.25) is 0 Å². The highest BCUT2D eigenvalue weighted by Crippen LogP contribution is 2.31. The normalized spacial score (nSPS) is 11.7. The molecule has 0 saturated heterocycles. The summed E-state index contributed by atoms with van der Waals surface area (Å²) in [6.07, 6.45) is 5.52. The lowest BCUT2D eigenvalue weighted by Crippen LogP contribution is -2.23. The maximum atomic E-state index is 13.3. The van der Waals surface area contributed by atoms with Crippen molar-refractivity contribution >= 4 is 21.1 Å². The Morgan fingerprint density at radius 2 is 1.71 bits per heavy atom. The maximum absolute atomic E-state index is 13.3. The Hall–Kier alpha value is -4.42. The van der Waals surface area contributed by atoms with Crippen molar-refractivity contribution in [1.29, 1.82) is 0 Å². The molecule has 2 N–H and O–H groups in total. The number of nitrogens with zero attached hydrogens (tertiary/aromatic N) is 5. The molecular weight excluding hydrogens is 542 g/mol. The lowest BCUT2D eigenvalue weighted by Gasteiger charge is -2.13. The molecule has 1 aromatic carbocycles.